The van der Waals surface area contributed by atoms with E-state index in [-0.39, 0.29) is 5.78 Å². The van der Waals surface area contributed by atoms with Crippen LogP contribution in [-0.4, -0.2) is 15.8 Å². The number of imidazole rings is 1. The normalized spacial score (nSPS) is 10.4. The van der Waals surface area contributed by atoms with Crippen LogP contribution < -0.4 is 0 Å². The lowest BCUT2D eigenvalue weighted by Gasteiger charge is -2.03. The van der Waals surface area contributed by atoms with Crippen molar-refractivity contribution >= 4 is 5.78 Å². The van der Waals surface area contributed by atoms with E-state index in [9.17, 15) is 4.79 Å². The fourth-order valence-electron chi connectivity index (χ4n) is 1.78. The Morgan fingerprint density at radius 2 is 1.94 bits per heavy atom. The first kappa shape index (κ1) is 10.6. The number of rotatable bonds is 3. The van der Waals surface area contributed by atoms with Gasteiger partial charge in [0.15, 0.2) is 5.78 Å². The first-order chi connectivity index (χ1) is 7.65. The number of nitrogens with zero attached hydrogens (tertiary/aromatic N) is 1. The monoisotopic (exact) mass is 214 g/mol. The Kier molecular flexibility index (Phi) is 2.86. The van der Waals surface area contributed by atoms with E-state index < -0.39 is 0 Å². The molecule has 2 rings (SSSR count). The SMILES string of the molecule is Cc1cc(C)cc(C(=O)Cc2ncc[nH]2)c1. The van der Waals surface area contributed by atoms with Gasteiger partial charge in [-0.3, -0.25) is 4.79 Å². The molecule has 0 spiro atoms. The maximum Gasteiger partial charge on any atom is 0.170 e. The fourth-order valence-corrected chi connectivity index (χ4v) is 1.78. The van der Waals surface area contributed by atoms with E-state index in [1.807, 2.05) is 26.0 Å². The van der Waals surface area contributed by atoms with Crippen LogP contribution in [0.25, 0.3) is 0 Å². The lowest BCUT2D eigenvalue weighted by Crippen LogP contribution is -2.05. The van der Waals surface area contributed by atoms with Crippen molar-refractivity contribution in [2.24, 2.45) is 0 Å². The molecular formula is C13H14N2O. The maximum atomic E-state index is 12.0. The number of aromatic nitrogens is 2. The molecule has 82 valence electrons. The quantitative estimate of drug-likeness (QED) is 0.798. The lowest BCUT2D eigenvalue weighted by molar-refractivity contribution is 0.0991. The number of benzene rings is 1. The zero-order valence-electron chi connectivity index (χ0n) is 9.45. The van der Waals surface area contributed by atoms with E-state index in [2.05, 4.69) is 16.0 Å². The summed E-state index contributed by atoms with van der Waals surface area (Å²) in [5.41, 5.74) is 2.99. The predicted molar refractivity (Wildman–Crippen MR) is 62.5 cm³/mol. The topological polar surface area (TPSA) is 45.8 Å². The number of ketones is 1. The van der Waals surface area contributed by atoms with Crippen molar-refractivity contribution in [1.82, 2.24) is 9.97 Å². The molecule has 0 unspecified atom stereocenters. The van der Waals surface area contributed by atoms with E-state index in [0.29, 0.717) is 12.2 Å². The summed E-state index contributed by atoms with van der Waals surface area (Å²) < 4.78 is 0. The smallest absolute Gasteiger partial charge is 0.170 e. The maximum absolute atomic E-state index is 12.0. The van der Waals surface area contributed by atoms with Crippen LogP contribution in [0, 0.1) is 13.8 Å². The minimum atomic E-state index is 0.0988. The van der Waals surface area contributed by atoms with E-state index in [1.165, 1.54) is 0 Å². The predicted octanol–water partition coefficient (Wildman–Crippen LogP) is 2.45. The fraction of sp³-hybridized carbons (Fsp3) is 0.231. The Morgan fingerprint density at radius 1 is 1.25 bits per heavy atom. The van der Waals surface area contributed by atoms with Crippen molar-refractivity contribution < 1.29 is 4.79 Å². The summed E-state index contributed by atoms with van der Waals surface area (Å²) >= 11 is 0. The van der Waals surface area contributed by atoms with Crippen LogP contribution in [0.1, 0.15) is 27.3 Å². The summed E-state index contributed by atoms with van der Waals surface area (Å²) in [6, 6.07) is 5.89. The average Bonchev–Trinajstić information content (AvgIpc) is 2.68. The molecule has 0 aliphatic heterocycles. The first-order valence-electron chi connectivity index (χ1n) is 5.25. The molecule has 0 amide bonds. The minimum absolute atomic E-state index is 0.0988. The van der Waals surface area contributed by atoms with Crippen LogP contribution in [0.4, 0.5) is 0 Å². The van der Waals surface area contributed by atoms with Gasteiger partial charge in [0, 0.05) is 18.0 Å². The number of hydrogen-bond donors (Lipinski definition) is 1. The van der Waals surface area contributed by atoms with Crippen molar-refractivity contribution in [1.29, 1.82) is 0 Å². The number of hydrogen-bond acceptors (Lipinski definition) is 2. The summed E-state index contributed by atoms with van der Waals surface area (Å²) in [7, 11) is 0. The van der Waals surface area contributed by atoms with Crippen LogP contribution in [-0.2, 0) is 6.42 Å². The minimum Gasteiger partial charge on any atom is -0.348 e. The van der Waals surface area contributed by atoms with Gasteiger partial charge in [0.25, 0.3) is 0 Å². The molecule has 0 bridgehead atoms. The Balaban J connectivity index is 2.21. The van der Waals surface area contributed by atoms with Crippen molar-refractivity contribution in [3.8, 4) is 0 Å². The van der Waals surface area contributed by atoms with Crippen LogP contribution in [0.15, 0.2) is 30.6 Å². The molecule has 1 aromatic heterocycles. The summed E-state index contributed by atoms with van der Waals surface area (Å²) in [5.74, 6) is 0.811. The van der Waals surface area contributed by atoms with Crippen LogP contribution in [0.5, 0.6) is 0 Å². The van der Waals surface area contributed by atoms with E-state index >= 15 is 0 Å². The number of aryl methyl sites for hydroxylation is 2. The molecule has 0 aliphatic rings. The van der Waals surface area contributed by atoms with Crippen LogP contribution in [0.3, 0.4) is 0 Å². The highest BCUT2D eigenvalue weighted by atomic mass is 16.1. The molecule has 0 saturated heterocycles. The van der Waals surface area contributed by atoms with Gasteiger partial charge in [0.1, 0.15) is 5.82 Å². The van der Waals surface area contributed by atoms with Gasteiger partial charge >= 0.3 is 0 Å². The van der Waals surface area contributed by atoms with Gasteiger partial charge in [0.2, 0.25) is 0 Å². The molecule has 0 atom stereocenters. The second-order valence-electron chi connectivity index (χ2n) is 4.01. The van der Waals surface area contributed by atoms with Crippen molar-refractivity contribution in [2.75, 3.05) is 0 Å². The lowest BCUT2D eigenvalue weighted by atomic mass is 10.0. The zero-order valence-corrected chi connectivity index (χ0v) is 9.45. The largest absolute Gasteiger partial charge is 0.348 e. The van der Waals surface area contributed by atoms with E-state index in [4.69, 9.17) is 0 Å². The molecule has 16 heavy (non-hydrogen) atoms. The van der Waals surface area contributed by atoms with Gasteiger partial charge < -0.3 is 4.98 Å². The Labute approximate surface area is 94.5 Å². The summed E-state index contributed by atoms with van der Waals surface area (Å²) in [4.78, 5) is 18.9. The second kappa shape index (κ2) is 4.31. The average molecular weight is 214 g/mol. The van der Waals surface area contributed by atoms with E-state index in [1.54, 1.807) is 12.4 Å². The third kappa shape index (κ3) is 2.37. The highest BCUT2D eigenvalue weighted by Crippen LogP contribution is 2.11. The molecule has 0 aliphatic carbocycles. The van der Waals surface area contributed by atoms with Gasteiger partial charge in [-0.2, -0.15) is 0 Å². The molecule has 1 heterocycles. The number of carbonyl (C=O) groups excluding carboxylic acids is 1. The molecule has 0 saturated carbocycles. The molecule has 3 nitrogen and oxygen atoms in total. The summed E-state index contributed by atoms with van der Waals surface area (Å²) in [6.45, 7) is 3.99. The van der Waals surface area contributed by atoms with Crippen molar-refractivity contribution in [3.63, 3.8) is 0 Å². The molecule has 0 radical (unpaired) electrons. The summed E-state index contributed by atoms with van der Waals surface area (Å²) in [6.07, 6.45) is 3.71. The van der Waals surface area contributed by atoms with E-state index in [0.717, 1.165) is 16.7 Å². The number of aromatic amines is 1. The second-order valence-corrected chi connectivity index (χ2v) is 4.01. The summed E-state index contributed by atoms with van der Waals surface area (Å²) in [5, 5.41) is 0. The highest BCUT2D eigenvalue weighted by Gasteiger charge is 2.09. The first-order valence-corrected chi connectivity index (χ1v) is 5.25. The Hall–Kier alpha value is -1.90. The van der Waals surface area contributed by atoms with Crippen LogP contribution >= 0.6 is 0 Å². The van der Waals surface area contributed by atoms with Gasteiger partial charge in [-0.25, -0.2) is 4.98 Å². The molecular weight excluding hydrogens is 200 g/mol. The van der Waals surface area contributed by atoms with Crippen molar-refractivity contribution in [2.45, 2.75) is 20.3 Å². The van der Waals surface area contributed by atoms with Crippen molar-refractivity contribution in [3.05, 3.63) is 53.1 Å². The van der Waals surface area contributed by atoms with Gasteiger partial charge in [-0.05, 0) is 26.0 Å². The van der Waals surface area contributed by atoms with Gasteiger partial charge in [-0.1, -0.05) is 17.2 Å². The number of Topliss-reactive ketones (excluding diaryl/α,β-unsaturated/α-hetero) is 1. The number of nitrogens with one attached hydrogen (secondary N) is 1. The Morgan fingerprint density at radius 3 is 2.50 bits per heavy atom. The Bertz CT molecular complexity index is 480. The molecule has 3 heteroatoms. The number of H-pyrrole nitrogens is 1. The standard InChI is InChI=1S/C13H14N2O/c1-9-5-10(2)7-11(6-9)12(16)8-13-14-3-4-15-13/h3-7H,8H2,1-2H3,(H,14,15). The third-order valence-electron chi connectivity index (χ3n) is 2.43. The molecule has 2 aromatic rings. The molecule has 1 aromatic carbocycles. The molecule has 1 N–H and O–H groups in total. The van der Waals surface area contributed by atoms with Gasteiger partial charge in [-0.15, -0.1) is 0 Å². The van der Waals surface area contributed by atoms with Gasteiger partial charge in [0.05, 0.1) is 6.42 Å². The number of carbonyl (C=O) groups is 1. The third-order valence-corrected chi connectivity index (χ3v) is 2.43. The zero-order chi connectivity index (χ0) is 11.5. The highest BCUT2D eigenvalue weighted by molar-refractivity contribution is 5.97. The van der Waals surface area contributed by atoms with Crippen LogP contribution in [0.2, 0.25) is 0 Å². The molecule has 0 fully saturated rings.